The highest BCUT2D eigenvalue weighted by Gasteiger charge is 2.46. The van der Waals surface area contributed by atoms with E-state index in [1.165, 1.54) is 0 Å². The Balaban J connectivity index is 1.50. The summed E-state index contributed by atoms with van der Waals surface area (Å²) in [7, 11) is 1.59. The van der Waals surface area contributed by atoms with E-state index >= 15 is 0 Å². The molecule has 7 heteroatoms. The van der Waals surface area contributed by atoms with Crippen LogP contribution in [0.2, 0.25) is 0 Å². The summed E-state index contributed by atoms with van der Waals surface area (Å²) in [6.45, 7) is 5.97. The van der Waals surface area contributed by atoms with Crippen molar-refractivity contribution < 1.29 is 19.4 Å². The first-order valence-corrected chi connectivity index (χ1v) is 12.2. The van der Waals surface area contributed by atoms with Crippen molar-refractivity contribution in [2.24, 2.45) is 0 Å². The van der Waals surface area contributed by atoms with E-state index in [2.05, 4.69) is 10.3 Å². The summed E-state index contributed by atoms with van der Waals surface area (Å²) in [6.07, 6.45) is 2.06. The molecule has 2 unspecified atom stereocenters. The summed E-state index contributed by atoms with van der Waals surface area (Å²) in [5, 5.41) is 13.2. The summed E-state index contributed by atoms with van der Waals surface area (Å²) in [5.74, 6) is -0.175. The fraction of sp³-hybridized carbons (Fsp3) is 0.345. The van der Waals surface area contributed by atoms with Crippen molar-refractivity contribution in [3.63, 3.8) is 0 Å². The molecule has 0 saturated carbocycles. The highest BCUT2D eigenvalue weighted by atomic mass is 16.6. The molecule has 188 valence electrons. The van der Waals surface area contributed by atoms with E-state index in [4.69, 9.17) is 4.74 Å². The van der Waals surface area contributed by atoms with Gasteiger partial charge in [0.1, 0.15) is 5.60 Å². The lowest BCUT2D eigenvalue weighted by Crippen LogP contribution is -2.51. The molecule has 1 fully saturated rings. The molecule has 1 saturated heterocycles. The number of hydrogen-bond acceptors (Lipinski definition) is 5. The van der Waals surface area contributed by atoms with Crippen LogP contribution in [0.5, 0.6) is 0 Å². The molecule has 1 aliphatic rings. The molecule has 2 atom stereocenters. The number of cyclic esters (lactones) is 1. The Kier molecular flexibility index (Phi) is 7.13. The van der Waals surface area contributed by atoms with Crippen molar-refractivity contribution in [2.45, 2.75) is 50.9 Å². The van der Waals surface area contributed by atoms with Crippen molar-refractivity contribution in [2.75, 3.05) is 13.6 Å². The van der Waals surface area contributed by atoms with Gasteiger partial charge in [0.2, 0.25) is 0 Å². The van der Waals surface area contributed by atoms with Gasteiger partial charge < -0.3 is 20.1 Å². The largest absolute Gasteiger partial charge is 0.438 e. The molecule has 2 heterocycles. The monoisotopic (exact) mass is 487 g/mol. The third-order valence-electron chi connectivity index (χ3n) is 6.70. The van der Waals surface area contributed by atoms with Crippen LogP contribution < -0.4 is 5.32 Å². The maximum absolute atomic E-state index is 13.3. The van der Waals surface area contributed by atoms with Gasteiger partial charge in [0.15, 0.2) is 0 Å². The summed E-state index contributed by atoms with van der Waals surface area (Å²) in [6, 6.07) is 20.9. The minimum Gasteiger partial charge on any atom is -0.438 e. The van der Waals surface area contributed by atoms with E-state index in [9.17, 15) is 14.7 Å². The average Bonchev–Trinajstić information content (AvgIpc) is 2.88. The third kappa shape index (κ3) is 5.41. The molecule has 0 radical (unpaired) electrons. The van der Waals surface area contributed by atoms with Gasteiger partial charge in [0.05, 0.1) is 22.9 Å². The van der Waals surface area contributed by atoms with Gasteiger partial charge in [-0.15, -0.1) is 0 Å². The Morgan fingerprint density at radius 3 is 2.39 bits per heavy atom. The minimum atomic E-state index is -0.994. The van der Waals surface area contributed by atoms with Gasteiger partial charge in [-0.3, -0.25) is 9.78 Å². The van der Waals surface area contributed by atoms with Crippen molar-refractivity contribution in [1.82, 2.24) is 15.2 Å². The number of aromatic nitrogens is 1. The molecule has 36 heavy (non-hydrogen) atoms. The Hall–Kier alpha value is -3.71. The van der Waals surface area contributed by atoms with Gasteiger partial charge in [-0.05, 0) is 44.0 Å². The standard InChI is InChI=1S/C29H33N3O4/c1-20(21-10-12-22(13-11-21)25-15-14-23(18-31-25)26(33)30-4)32-17-16-29(36-27(32)34,19-28(2,3)35)24-8-6-5-7-9-24/h5-15,18,20,35H,16-17,19H2,1-4H3,(H,30,33). The molecule has 0 bridgehead atoms. The number of aliphatic hydroxyl groups is 1. The first kappa shape index (κ1) is 25.4. The molecule has 0 spiro atoms. The fourth-order valence-corrected chi connectivity index (χ4v) is 4.85. The number of pyridine rings is 1. The van der Waals surface area contributed by atoms with E-state index in [-0.39, 0.29) is 11.9 Å². The summed E-state index contributed by atoms with van der Waals surface area (Å²) < 4.78 is 6.11. The van der Waals surface area contributed by atoms with E-state index in [0.29, 0.717) is 24.9 Å². The maximum atomic E-state index is 13.3. The van der Waals surface area contributed by atoms with E-state index in [1.54, 1.807) is 38.1 Å². The normalized spacial score (nSPS) is 18.9. The van der Waals surface area contributed by atoms with Crippen molar-refractivity contribution in [3.8, 4) is 11.3 Å². The van der Waals surface area contributed by atoms with Crippen LogP contribution in [0.1, 0.15) is 61.1 Å². The van der Waals surface area contributed by atoms with Gasteiger partial charge >= 0.3 is 6.09 Å². The van der Waals surface area contributed by atoms with Gasteiger partial charge in [-0.1, -0.05) is 54.6 Å². The molecular formula is C29H33N3O4. The Morgan fingerprint density at radius 1 is 1.14 bits per heavy atom. The SMILES string of the molecule is CNC(=O)c1ccc(-c2ccc(C(C)N3CCC(CC(C)(C)O)(c4ccccc4)OC3=O)cc2)nc1. The van der Waals surface area contributed by atoms with Crippen molar-refractivity contribution >= 4 is 12.0 Å². The van der Waals surface area contributed by atoms with Crippen LogP contribution in [0.4, 0.5) is 4.79 Å². The average molecular weight is 488 g/mol. The van der Waals surface area contributed by atoms with E-state index < -0.39 is 17.3 Å². The quantitative estimate of drug-likeness (QED) is 0.486. The van der Waals surface area contributed by atoms with Gasteiger partial charge in [0.25, 0.3) is 5.91 Å². The van der Waals surface area contributed by atoms with Crippen LogP contribution in [-0.4, -0.2) is 46.2 Å². The molecule has 1 aliphatic heterocycles. The van der Waals surface area contributed by atoms with Crippen LogP contribution in [0.15, 0.2) is 72.9 Å². The first-order valence-electron chi connectivity index (χ1n) is 12.2. The second kappa shape index (κ2) is 10.1. The van der Waals surface area contributed by atoms with E-state index in [0.717, 1.165) is 22.4 Å². The second-order valence-corrected chi connectivity index (χ2v) is 9.97. The Bertz CT molecular complexity index is 1200. The van der Waals surface area contributed by atoms with Crippen LogP contribution in [0, 0.1) is 0 Å². The van der Waals surface area contributed by atoms with Crippen LogP contribution in [0.3, 0.4) is 0 Å². The molecule has 7 nitrogen and oxygen atoms in total. The van der Waals surface area contributed by atoms with Crippen molar-refractivity contribution in [1.29, 1.82) is 0 Å². The highest BCUT2D eigenvalue weighted by Crippen LogP contribution is 2.42. The van der Waals surface area contributed by atoms with Gasteiger partial charge in [-0.2, -0.15) is 0 Å². The fourth-order valence-electron chi connectivity index (χ4n) is 4.85. The van der Waals surface area contributed by atoms with Crippen LogP contribution in [-0.2, 0) is 10.3 Å². The molecule has 1 aromatic heterocycles. The first-order chi connectivity index (χ1) is 17.1. The summed E-state index contributed by atoms with van der Waals surface area (Å²) >= 11 is 0. The molecule has 0 aliphatic carbocycles. The molecule has 2 N–H and O–H groups in total. The molecule has 2 amide bonds. The maximum Gasteiger partial charge on any atom is 0.411 e. The lowest BCUT2D eigenvalue weighted by atomic mass is 9.80. The van der Waals surface area contributed by atoms with Gasteiger partial charge in [-0.25, -0.2) is 4.79 Å². The molecule has 4 rings (SSSR count). The predicted octanol–water partition coefficient (Wildman–Crippen LogP) is 5.07. The third-order valence-corrected chi connectivity index (χ3v) is 6.70. The number of ether oxygens (including phenoxy) is 1. The topological polar surface area (TPSA) is 91.8 Å². The van der Waals surface area contributed by atoms with Gasteiger partial charge in [0, 0.05) is 38.2 Å². The lowest BCUT2D eigenvalue weighted by Gasteiger charge is -2.45. The number of benzene rings is 2. The number of nitrogens with one attached hydrogen (secondary N) is 1. The predicted molar refractivity (Wildman–Crippen MR) is 138 cm³/mol. The number of rotatable bonds is 7. The Labute approximate surface area is 212 Å². The Morgan fingerprint density at radius 2 is 1.83 bits per heavy atom. The molecular weight excluding hydrogens is 454 g/mol. The lowest BCUT2D eigenvalue weighted by molar-refractivity contribution is -0.101. The smallest absolute Gasteiger partial charge is 0.411 e. The zero-order valence-electron chi connectivity index (χ0n) is 21.2. The minimum absolute atomic E-state index is 0.175. The zero-order chi connectivity index (χ0) is 25.9. The number of hydrogen-bond donors (Lipinski definition) is 2. The second-order valence-electron chi connectivity index (χ2n) is 9.97. The highest BCUT2D eigenvalue weighted by molar-refractivity contribution is 5.93. The number of nitrogens with zero attached hydrogens (tertiary/aromatic N) is 2. The number of carbonyl (C=O) groups excluding carboxylic acids is 2. The molecule has 3 aromatic rings. The van der Waals surface area contributed by atoms with Crippen LogP contribution in [0.25, 0.3) is 11.3 Å². The molecule has 2 aromatic carbocycles. The van der Waals surface area contributed by atoms with Crippen LogP contribution >= 0.6 is 0 Å². The summed E-state index contributed by atoms with van der Waals surface area (Å²) in [4.78, 5) is 31.1. The van der Waals surface area contributed by atoms with E-state index in [1.807, 2.05) is 67.6 Å². The van der Waals surface area contributed by atoms with Crippen molar-refractivity contribution in [3.05, 3.63) is 89.6 Å². The summed E-state index contributed by atoms with van der Waals surface area (Å²) in [5.41, 5.74) is 2.20. The number of amides is 2. The number of carbonyl (C=O) groups is 2. The zero-order valence-corrected chi connectivity index (χ0v) is 21.2.